The lowest BCUT2D eigenvalue weighted by Gasteiger charge is -2.27. The molecule has 0 saturated carbocycles. The summed E-state index contributed by atoms with van der Waals surface area (Å²) >= 11 is 0. The van der Waals surface area contributed by atoms with Gasteiger partial charge in [-0.1, -0.05) is 26.0 Å². The Hall–Kier alpha value is -0.860. The summed E-state index contributed by atoms with van der Waals surface area (Å²) in [6, 6.07) is 4.63. The molecule has 2 rings (SSSR count). The SMILES string of the molecule is Cc1cc(C(C)C)cc(C2CNCCO2)c1C. The van der Waals surface area contributed by atoms with Crippen LogP contribution in [0.3, 0.4) is 0 Å². The normalized spacial score (nSPS) is 20.9. The highest BCUT2D eigenvalue weighted by Gasteiger charge is 2.19. The maximum Gasteiger partial charge on any atom is 0.0952 e. The molecule has 1 aliphatic heterocycles. The van der Waals surface area contributed by atoms with Gasteiger partial charge >= 0.3 is 0 Å². The molecule has 1 aliphatic rings. The lowest BCUT2D eigenvalue weighted by atomic mass is 9.91. The van der Waals surface area contributed by atoms with Gasteiger partial charge in [0, 0.05) is 13.1 Å². The van der Waals surface area contributed by atoms with Crippen LogP contribution in [-0.2, 0) is 4.74 Å². The smallest absolute Gasteiger partial charge is 0.0952 e. The Labute approximate surface area is 104 Å². The molecule has 0 spiro atoms. The Bertz CT molecular complexity index is 392. The zero-order valence-corrected chi connectivity index (χ0v) is 11.3. The molecular weight excluding hydrogens is 210 g/mol. The molecule has 1 N–H and O–H groups in total. The molecule has 1 aromatic rings. The lowest BCUT2D eigenvalue weighted by Crippen LogP contribution is -2.33. The number of morpholine rings is 1. The quantitative estimate of drug-likeness (QED) is 0.847. The predicted molar refractivity (Wildman–Crippen MR) is 71.6 cm³/mol. The van der Waals surface area contributed by atoms with Crippen molar-refractivity contribution in [1.29, 1.82) is 0 Å². The number of hydrogen-bond acceptors (Lipinski definition) is 2. The second kappa shape index (κ2) is 5.19. The largest absolute Gasteiger partial charge is 0.371 e. The summed E-state index contributed by atoms with van der Waals surface area (Å²) < 4.78 is 5.87. The van der Waals surface area contributed by atoms with E-state index >= 15 is 0 Å². The maximum atomic E-state index is 5.87. The molecule has 1 fully saturated rings. The number of nitrogens with one attached hydrogen (secondary N) is 1. The molecule has 1 aromatic carbocycles. The zero-order chi connectivity index (χ0) is 12.4. The monoisotopic (exact) mass is 233 g/mol. The molecular formula is C15H23NO. The van der Waals surface area contributed by atoms with Gasteiger partial charge in [0.1, 0.15) is 0 Å². The van der Waals surface area contributed by atoms with Crippen LogP contribution in [0.5, 0.6) is 0 Å². The van der Waals surface area contributed by atoms with Crippen molar-refractivity contribution in [3.63, 3.8) is 0 Å². The van der Waals surface area contributed by atoms with E-state index in [4.69, 9.17) is 4.74 Å². The molecule has 0 aliphatic carbocycles. The average molecular weight is 233 g/mol. The zero-order valence-electron chi connectivity index (χ0n) is 11.3. The fraction of sp³-hybridized carbons (Fsp3) is 0.600. The summed E-state index contributed by atoms with van der Waals surface area (Å²) in [4.78, 5) is 0. The number of benzene rings is 1. The van der Waals surface area contributed by atoms with Gasteiger partial charge in [0.05, 0.1) is 12.7 Å². The molecule has 2 heteroatoms. The first kappa shape index (κ1) is 12.6. The molecule has 17 heavy (non-hydrogen) atoms. The molecule has 0 amide bonds. The summed E-state index contributed by atoms with van der Waals surface area (Å²) in [6.07, 6.45) is 0.223. The molecule has 0 bridgehead atoms. The van der Waals surface area contributed by atoms with Gasteiger partial charge in [-0.3, -0.25) is 0 Å². The first-order valence-electron chi connectivity index (χ1n) is 6.53. The third-order valence-corrected chi connectivity index (χ3v) is 3.67. The summed E-state index contributed by atoms with van der Waals surface area (Å²) in [5.41, 5.74) is 5.53. The van der Waals surface area contributed by atoms with Crippen molar-refractivity contribution in [1.82, 2.24) is 5.32 Å². The first-order chi connectivity index (χ1) is 8.09. The van der Waals surface area contributed by atoms with E-state index in [9.17, 15) is 0 Å². The number of aryl methyl sites for hydroxylation is 1. The van der Waals surface area contributed by atoms with Gasteiger partial charge < -0.3 is 10.1 Å². The summed E-state index contributed by atoms with van der Waals surface area (Å²) in [5, 5.41) is 3.40. The highest BCUT2D eigenvalue weighted by molar-refractivity contribution is 5.40. The van der Waals surface area contributed by atoms with Gasteiger partial charge in [0.15, 0.2) is 0 Å². The minimum absolute atomic E-state index is 0.223. The topological polar surface area (TPSA) is 21.3 Å². The van der Waals surface area contributed by atoms with Crippen LogP contribution >= 0.6 is 0 Å². The molecule has 94 valence electrons. The van der Waals surface area contributed by atoms with Crippen molar-refractivity contribution < 1.29 is 4.74 Å². The Morgan fingerprint density at radius 2 is 2.06 bits per heavy atom. The number of hydrogen-bond donors (Lipinski definition) is 1. The predicted octanol–water partition coefficient (Wildman–Crippen LogP) is 3.09. The Morgan fingerprint density at radius 3 is 2.65 bits per heavy atom. The van der Waals surface area contributed by atoms with Crippen LogP contribution in [0.15, 0.2) is 12.1 Å². The molecule has 0 aromatic heterocycles. The van der Waals surface area contributed by atoms with Gasteiger partial charge in [-0.15, -0.1) is 0 Å². The second-order valence-corrected chi connectivity index (χ2v) is 5.27. The number of rotatable bonds is 2. The van der Waals surface area contributed by atoms with Crippen LogP contribution in [0.1, 0.15) is 48.1 Å². The van der Waals surface area contributed by atoms with Crippen molar-refractivity contribution in [2.45, 2.75) is 39.7 Å². The molecule has 1 heterocycles. The second-order valence-electron chi connectivity index (χ2n) is 5.27. The van der Waals surface area contributed by atoms with Crippen LogP contribution in [0.25, 0.3) is 0 Å². The average Bonchev–Trinajstić information content (AvgIpc) is 2.33. The maximum absolute atomic E-state index is 5.87. The standard InChI is InChI=1S/C15H23NO/c1-10(2)13-7-11(3)12(4)14(8-13)15-9-16-5-6-17-15/h7-8,10,15-16H,5-6,9H2,1-4H3. The highest BCUT2D eigenvalue weighted by Crippen LogP contribution is 2.28. The van der Waals surface area contributed by atoms with Crippen LogP contribution in [0.4, 0.5) is 0 Å². The van der Waals surface area contributed by atoms with E-state index in [1.54, 1.807) is 0 Å². The van der Waals surface area contributed by atoms with Crippen molar-refractivity contribution in [2.75, 3.05) is 19.7 Å². The minimum atomic E-state index is 0.223. The van der Waals surface area contributed by atoms with E-state index in [2.05, 4.69) is 45.1 Å². The van der Waals surface area contributed by atoms with Crippen molar-refractivity contribution in [2.24, 2.45) is 0 Å². The Balaban J connectivity index is 2.36. The summed E-state index contributed by atoms with van der Waals surface area (Å²) in [7, 11) is 0. The van der Waals surface area contributed by atoms with Gasteiger partial charge in [-0.05, 0) is 42.0 Å². The fourth-order valence-electron chi connectivity index (χ4n) is 2.35. The summed E-state index contributed by atoms with van der Waals surface area (Å²) in [6.45, 7) is 11.6. The van der Waals surface area contributed by atoms with Crippen molar-refractivity contribution in [3.8, 4) is 0 Å². The first-order valence-corrected chi connectivity index (χ1v) is 6.53. The van der Waals surface area contributed by atoms with Gasteiger partial charge in [0.2, 0.25) is 0 Å². The molecule has 2 nitrogen and oxygen atoms in total. The van der Waals surface area contributed by atoms with Crippen molar-refractivity contribution in [3.05, 3.63) is 34.4 Å². The molecule has 1 unspecified atom stereocenters. The van der Waals surface area contributed by atoms with Crippen molar-refractivity contribution >= 4 is 0 Å². The van der Waals surface area contributed by atoms with Crippen LogP contribution in [-0.4, -0.2) is 19.7 Å². The van der Waals surface area contributed by atoms with Gasteiger partial charge in [-0.25, -0.2) is 0 Å². The third-order valence-electron chi connectivity index (χ3n) is 3.67. The fourth-order valence-corrected chi connectivity index (χ4v) is 2.35. The van der Waals surface area contributed by atoms with E-state index in [0.717, 1.165) is 19.7 Å². The van der Waals surface area contributed by atoms with E-state index < -0.39 is 0 Å². The lowest BCUT2D eigenvalue weighted by molar-refractivity contribution is 0.0272. The highest BCUT2D eigenvalue weighted by atomic mass is 16.5. The number of ether oxygens (including phenoxy) is 1. The molecule has 1 atom stereocenters. The van der Waals surface area contributed by atoms with E-state index in [1.165, 1.54) is 22.3 Å². The van der Waals surface area contributed by atoms with Crippen LogP contribution in [0, 0.1) is 13.8 Å². The van der Waals surface area contributed by atoms with Crippen LogP contribution < -0.4 is 5.32 Å². The van der Waals surface area contributed by atoms with Crippen LogP contribution in [0.2, 0.25) is 0 Å². The Kier molecular flexibility index (Phi) is 3.85. The van der Waals surface area contributed by atoms with E-state index in [1.807, 2.05) is 0 Å². The van der Waals surface area contributed by atoms with Gasteiger partial charge in [0.25, 0.3) is 0 Å². The molecule has 0 radical (unpaired) electrons. The minimum Gasteiger partial charge on any atom is -0.371 e. The van der Waals surface area contributed by atoms with E-state index in [-0.39, 0.29) is 6.10 Å². The third kappa shape index (κ3) is 2.70. The van der Waals surface area contributed by atoms with Gasteiger partial charge in [-0.2, -0.15) is 0 Å². The molecule has 1 saturated heterocycles. The summed E-state index contributed by atoms with van der Waals surface area (Å²) in [5.74, 6) is 0.574. The van der Waals surface area contributed by atoms with E-state index in [0.29, 0.717) is 5.92 Å². The Morgan fingerprint density at radius 1 is 1.29 bits per heavy atom.